The van der Waals surface area contributed by atoms with Crippen LogP contribution in [-0.4, -0.2) is 34.3 Å². The number of aliphatic hydroxyl groups excluding tert-OH is 1. The molecule has 132 valence electrons. The lowest BCUT2D eigenvalue weighted by Gasteiger charge is -2.34. The molecule has 1 fully saturated rings. The lowest BCUT2D eigenvalue weighted by atomic mass is 10.1. The fraction of sp³-hybridized carbons (Fsp3) is 0.389. The average Bonchev–Trinajstić information content (AvgIpc) is 2.63. The highest BCUT2D eigenvalue weighted by Gasteiger charge is 2.24. The highest BCUT2D eigenvalue weighted by atomic mass is 35.5. The minimum atomic E-state index is -0.247. The minimum absolute atomic E-state index is 0.0296. The van der Waals surface area contributed by atoms with Crippen molar-refractivity contribution in [1.82, 2.24) is 9.97 Å². The first-order chi connectivity index (χ1) is 12.0. The first-order valence-corrected chi connectivity index (χ1v) is 8.34. The van der Waals surface area contributed by atoms with Crippen molar-refractivity contribution in [3.63, 3.8) is 0 Å². The highest BCUT2D eigenvalue weighted by molar-refractivity contribution is 6.30. The topological polar surface area (TPSA) is 82.3 Å². The Kier molecular flexibility index (Phi) is 6.57. The van der Waals surface area contributed by atoms with Crippen LogP contribution in [0.15, 0.2) is 36.6 Å². The fourth-order valence-corrected chi connectivity index (χ4v) is 2.80. The van der Waals surface area contributed by atoms with E-state index in [4.69, 9.17) is 21.6 Å². The van der Waals surface area contributed by atoms with Crippen molar-refractivity contribution in [2.45, 2.75) is 32.5 Å². The van der Waals surface area contributed by atoms with Crippen molar-refractivity contribution in [3.05, 3.63) is 53.2 Å². The molecule has 1 aliphatic rings. The summed E-state index contributed by atoms with van der Waals surface area (Å²) in [6.45, 7) is 10.4. The normalized spacial score (nSPS) is 15.6. The fourth-order valence-electron chi connectivity index (χ4n) is 2.62. The minimum Gasteiger partial charge on any atom is -0.490 e. The quantitative estimate of drug-likeness (QED) is 0.363. The van der Waals surface area contributed by atoms with Crippen LogP contribution in [0.4, 0.5) is 5.82 Å². The molecule has 0 amide bonds. The molecule has 0 unspecified atom stereocenters. The molecular weight excluding hydrogens is 340 g/mol. The van der Waals surface area contributed by atoms with Crippen molar-refractivity contribution >= 4 is 17.4 Å². The summed E-state index contributed by atoms with van der Waals surface area (Å²) in [7, 11) is 0. The zero-order chi connectivity index (χ0) is 18.4. The molecule has 25 heavy (non-hydrogen) atoms. The molecule has 2 heterocycles. The lowest BCUT2D eigenvalue weighted by molar-refractivity contribution is 0.102. The number of piperidine rings is 1. The van der Waals surface area contributed by atoms with Crippen LogP contribution in [0, 0.1) is 18.3 Å². The number of aliphatic hydroxyl groups is 1. The first kappa shape index (κ1) is 19.0. The second-order valence-corrected chi connectivity index (χ2v) is 6.09. The Morgan fingerprint density at radius 1 is 1.48 bits per heavy atom. The Bertz CT molecular complexity index is 731. The van der Waals surface area contributed by atoms with Crippen LogP contribution in [0.3, 0.4) is 0 Å². The van der Waals surface area contributed by atoms with E-state index in [2.05, 4.69) is 28.0 Å². The van der Waals surface area contributed by atoms with Crippen LogP contribution in [0.1, 0.15) is 24.2 Å². The van der Waals surface area contributed by atoms with Gasteiger partial charge >= 0.3 is 0 Å². The van der Waals surface area contributed by atoms with Gasteiger partial charge in [-0.05, 0) is 19.1 Å². The molecule has 2 rings (SSSR count). The number of allylic oxidation sites excluding steroid dienone is 3. The zero-order valence-electron chi connectivity index (χ0n) is 14.2. The molecular formula is C18H21ClN4O2. The summed E-state index contributed by atoms with van der Waals surface area (Å²) in [6.07, 6.45) is 4.78. The lowest BCUT2D eigenvalue weighted by Crippen LogP contribution is -2.38. The van der Waals surface area contributed by atoms with Gasteiger partial charge in [0.25, 0.3) is 0 Å². The van der Waals surface area contributed by atoms with Crippen LogP contribution < -0.4 is 4.90 Å². The molecule has 1 aliphatic heterocycles. The number of hydrogen-bond acceptors (Lipinski definition) is 6. The number of halogens is 1. The SMILES string of the molecule is C=C/C(=C\C(=C)C#N)OC1CCN(c2nc(CO)nc(Cl)c2C)CC1. The molecule has 0 radical (unpaired) electrons. The van der Waals surface area contributed by atoms with Gasteiger partial charge in [0.15, 0.2) is 5.82 Å². The molecule has 6 nitrogen and oxygen atoms in total. The van der Waals surface area contributed by atoms with Gasteiger partial charge in [-0.2, -0.15) is 5.26 Å². The molecule has 0 bridgehead atoms. The summed E-state index contributed by atoms with van der Waals surface area (Å²) in [5.74, 6) is 1.62. The molecule has 0 aromatic carbocycles. The zero-order valence-corrected chi connectivity index (χ0v) is 15.0. The summed E-state index contributed by atoms with van der Waals surface area (Å²) in [6, 6.07) is 1.96. The monoisotopic (exact) mass is 360 g/mol. The van der Waals surface area contributed by atoms with E-state index < -0.39 is 0 Å². The molecule has 0 aliphatic carbocycles. The van der Waals surface area contributed by atoms with Crippen molar-refractivity contribution in [3.8, 4) is 6.07 Å². The van der Waals surface area contributed by atoms with Crippen molar-refractivity contribution in [2.24, 2.45) is 0 Å². The van der Waals surface area contributed by atoms with Crippen LogP contribution in [-0.2, 0) is 11.3 Å². The van der Waals surface area contributed by atoms with Gasteiger partial charge < -0.3 is 14.7 Å². The molecule has 0 spiro atoms. The first-order valence-electron chi connectivity index (χ1n) is 7.97. The molecule has 1 aromatic heterocycles. The third-order valence-corrected chi connectivity index (χ3v) is 4.32. The van der Waals surface area contributed by atoms with E-state index in [1.165, 1.54) is 0 Å². The van der Waals surface area contributed by atoms with Gasteiger partial charge in [-0.1, -0.05) is 24.8 Å². The van der Waals surface area contributed by atoms with Gasteiger partial charge in [0.1, 0.15) is 29.4 Å². The third-order valence-electron chi connectivity index (χ3n) is 3.95. The average molecular weight is 361 g/mol. The van der Waals surface area contributed by atoms with Crippen LogP contribution in [0.5, 0.6) is 0 Å². The van der Waals surface area contributed by atoms with Crippen molar-refractivity contribution in [1.29, 1.82) is 5.26 Å². The maximum atomic E-state index is 9.27. The summed E-state index contributed by atoms with van der Waals surface area (Å²) < 4.78 is 5.90. The van der Waals surface area contributed by atoms with E-state index in [1.54, 1.807) is 12.2 Å². The van der Waals surface area contributed by atoms with E-state index in [1.807, 2.05) is 13.0 Å². The number of nitrogens with zero attached hydrogens (tertiary/aromatic N) is 4. The molecule has 1 saturated heterocycles. The number of rotatable bonds is 6. The van der Waals surface area contributed by atoms with Crippen molar-refractivity contribution < 1.29 is 9.84 Å². The van der Waals surface area contributed by atoms with E-state index in [-0.39, 0.29) is 12.7 Å². The predicted molar refractivity (Wildman–Crippen MR) is 97.1 cm³/mol. The number of anilines is 1. The molecule has 1 N–H and O–H groups in total. The van der Waals surface area contributed by atoms with Gasteiger partial charge in [0.2, 0.25) is 0 Å². The van der Waals surface area contributed by atoms with E-state index in [0.717, 1.165) is 37.3 Å². The van der Waals surface area contributed by atoms with Gasteiger partial charge in [0.05, 0.1) is 6.07 Å². The third kappa shape index (κ3) is 4.81. The number of hydrogen-bond donors (Lipinski definition) is 1. The van der Waals surface area contributed by atoms with Crippen LogP contribution >= 0.6 is 11.6 Å². The van der Waals surface area contributed by atoms with Crippen LogP contribution in [0.25, 0.3) is 0 Å². The largest absolute Gasteiger partial charge is 0.490 e. The van der Waals surface area contributed by atoms with Gasteiger partial charge in [0, 0.05) is 37.1 Å². The molecule has 1 aromatic rings. The second-order valence-electron chi connectivity index (χ2n) is 5.73. The number of nitriles is 1. The molecule has 7 heteroatoms. The molecule has 0 saturated carbocycles. The predicted octanol–water partition coefficient (Wildman–Crippen LogP) is 3.07. The van der Waals surface area contributed by atoms with E-state index in [9.17, 15) is 5.11 Å². The van der Waals surface area contributed by atoms with Gasteiger partial charge in [-0.25, -0.2) is 9.97 Å². The number of ether oxygens (including phenoxy) is 1. The second kappa shape index (κ2) is 8.65. The Hall–Kier alpha value is -2.36. The smallest absolute Gasteiger partial charge is 0.157 e. The Morgan fingerprint density at radius 3 is 2.72 bits per heavy atom. The maximum Gasteiger partial charge on any atom is 0.157 e. The summed E-state index contributed by atoms with van der Waals surface area (Å²) in [5, 5.41) is 18.4. The van der Waals surface area contributed by atoms with E-state index in [0.29, 0.717) is 22.3 Å². The maximum absolute atomic E-state index is 9.27. The van der Waals surface area contributed by atoms with Crippen LogP contribution in [0.2, 0.25) is 5.15 Å². The highest BCUT2D eigenvalue weighted by Crippen LogP contribution is 2.27. The Labute approximate surface area is 152 Å². The summed E-state index contributed by atoms with van der Waals surface area (Å²) in [5.41, 5.74) is 1.13. The van der Waals surface area contributed by atoms with E-state index >= 15 is 0 Å². The van der Waals surface area contributed by atoms with Gasteiger partial charge in [-0.15, -0.1) is 0 Å². The van der Waals surface area contributed by atoms with Gasteiger partial charge in [-0.3, -0.25) is 0 Å². The summed E-state index contributed by atoms with van der Waals surface area (Å²) in [4.78, 5) is 10.6. The van der Waals surface area contributed by atoms with Crippen molar-refractivity contribution in [2.75, 3.05) is 18.0 Å². The summed E-state index contributed by atoms with van der Waals surface area (Å²) >= 11 is 6.13. The Balaban J connectivity index is 2.04. The Morgan fingerprint density at radius 2 is 2.16 bits per heavy atom. The number of aromatic nitrogens is 2. The molecule has 0 atom stereocenters. The standard InChI is InChI=1S/C18H21ClN4O2/c1-4-14(9-12(2)10-20)25-15-5-7-23(8-6-15)18-13(3)17(19)21-16(11-24)22-18/h4,9,15,24H,1-2,5-8,11H2,3H3/b14-9+.